The number of rotatable bonds is 6. The van der Waals surface area contributed by atoms with E-state index in [0.29, 0.717) is 13.1 Å². The largest absolute Gasteiger partial charge is 0.329 e. The maximum Gasteiger partial charge on any atom is 0.148 e. The number of aromatic nitrogens is 1. The number of likely N-dealkylation sites (N-methyl/N-ethyl adjacent to an activating group) is 1. The molecule has 0 saturated heterocycles. The van der Waals surface area contributed by atoms with Crippen LogP contribution < -0.4 is 5.73 Å². The van der Waals surface area contributed by atoms with Crippen molar-refractivity contribution in [3.05, 3.63) is 42.1 Å². The van der Waals surface area contributed by atoms with Gasteiger partial charge in [-0.1, -0.05) is 24.3 Å². The molecule has 2 N–H and O–H groups in total. The number of hydrogen-bond donors (Lipinski definition) is 1. The van der Waals surface area contributed by atoms with Crippen LogP contribution in [0.3, 0.4) is 0 Å². The van der Waals surface area contributed by atoms with Gasteiger partial charge in [0.25, 0.3) is 0 Å². The van der Waals surface area contributed by atoms with Gasteiger partial charge in [0.05, 0.1) is 11.3 Å². The van der Waals surface area contributed by atoms with Crippen molar-refractivity contribution in [1.82, 2.24) is 9.88 Å². The molecule has 1 heterocycles. The maximum atomic E-state index is 11.3. The van der Waals surface area contributed by atoms with Crippen LogP contribution in [0.1, 0.15) is 11.6 Å². The molecule has 0 aliphatic carbocycles. The Morgan fingerprint density at radius 1 is 1.29 bits per heavy atom. The summed E-state index contributed by atoms with van der Waals surface area (Å²) in [6, 6.07) is 9.85. The zero-order valence-electron chi connectivity index (χ0n) is 12.4. The van der Waals surface area contributed by atoms with Crippen molar-refractivity contribution in [3.63, 3.8) is 0 Å². The lowest BCUT2D eigenvalue weighted by atomic mass is 10.0. The van der Waals surface area contributed by atoms with Crippen molar-refractivity contribution in [2.75, 3.05) is 32.1 Å². The lowest BCUT2D eigenvalue weighted by molar-refractivity contribution is 0.265. The molecule has 0 fully saturated rings. The van der Waals surface area contributed by atoms with Crippen LogP contribution >= 0.6 is 0 Å². The van der Waals surface area contributed by atoms with E-state index in [9.17, 15) is 8.42 Å². The fraction of sp³-hybridized carbons (Fsp3) is 0.400. The highest BCUT2D eigenvalue weighted by Crippen LogP contribution is 2.25. The van der Waals surface area contributed by atoms with Gasteiger partial charge in [0.2, 0.25) is 0 Å². The van der Waals surface area contributed by atoms with E-state index >= 15 is 0 Å². The molecule has 6 heteroatoms. The van der Waals surface area contributed by atoms with E-state index in [2.05, 4.69) is 4.98 Å². The number of hydrogen-bond acceptors (Lipinski definition) is 5. The summed E-state index contributed by atoms with van der Waals surface area (Å²) in [6.07, 6.45) is 3.01. The molecular weight excluding hydrogens is 286 g/mol. The number of pyridine rings is 1. The first-order valence-electron chi connectivity index (χ1n) is 6.84. The summed E-state index contributed by atoms with van der Waals surface area (Å²) in [5, 5.41) is 1.06. The Bertz CT molecular complexity index is 710. The summed E-state index contributed by atoms with van der Waals surface area (Å²) in [5.74, 6) is 0.123. The molecule has 2 aromatic rings. The Kier molecular flexibility index (Phi) is 4.92. The Labute approximate surface area is 125 Å². The molecule has 0 aliphatic heterocycles. The van der Waals surface area contributed by atoms with E-state index in [1.54, 1.807) is 6.20 Å². The van der Waals surface area contributed by atoms with Crippen LogP contribution in [0.25, 0.3) is 10.9 Å². The number of nitrogens with zero attached hydrogens (tertiary/aromatic N) is 2. The summed E-state index contributed by atoms with van der Waals surface area (Å²) in [6.45, 7) is 0.861. The van der Waals surface area contributed by atoms with Crippen molar-refractivity contribution in [2.24, 2.45) is 5.73 Å². The molecule has 0 radical (unpaired) electrons. The topological polar surface area (TPSA) is 76.3 Å². The maximum absolute atomic E-state index is 11.3. The van der Waals surface area contributed by atoms with E-state index in [1.807, 2.05) is 42.3 Å². The predicted octanol–water partition coefficient (Wildman–Crippen LogP) is 1.21. The van der Waals surface area contributed by atoms with Crippen LogP contribution in [-0.4, -0.2) is 50.4 Å². The van der Waals surface area contributed by atoms with E-state index < -0.39 is 9.84 Å². The van der Waals surface area contributed by atoms with E-state index in [-0.39, 0.29) is 11.8 Å². The summed E-state index contributed by atoms with van der Waals surface area (Å²) in [4.78, 5) is 6.42. The molecule has 1 aromatic heterocycles. The average Bonchev–Trinajstić information content (AvgIpc) is 2.45. The Morgan fingerprint density at radius 2 is 2.00 bits per heavy atom. The number of benzene rings is 1. The molecule has 21 heavy (non-hydrogen) atoms. The zero-order valence-corrected chi connectivity index (χ0v) is 13.2. The highest BCUT2D eigenvalue weighted by Gasteiger charge is 2.19. The van der Waals surface area contributed by atoms with Crippen molar-refractivity contribution in [2.45, 2.75) is 6.04 Å². The van der Waals surface area contributed by atoms with Gasteiger partial charge in [0, 0.05) is 37.0 Å². The van der Waals surface area contributed by atoms with Crippen molar-refractivity contribution in [3.8, 4) is 0 Å². The van der Waals surface area contributed by atoms with Crippen LogP contribution in [-0.2, 0) is 9.84 Å². The zero-order chi connectivity index (χ0) is 15.5. The Morgan fingerprint density at radius 3 is 2.67 bits per heavy atom. The third-order valence-electron chi connectivity index (χ3n) is 3.59. The average molecular weight is 307 g/mol. The molecule has 5 nitrogen and oxygen atoms in total. The molecule has 0 bridgehead atoms. The summed E-state index contributed by atoms with van der Waals surface area (Å²) in [7, 11) is -1.09. The number of para-hydroxylation sites is 1. The minimum Gasteiger partial charge on any atom is -0.329 e. The fourth-order valence-electron chi connectivity index (χ4n) is 2.41. The molecule has 0 spiro atoms. The normalized spacial score (nSPS) is 13.7. The lowest BCUT2D eigenvalue weighted by Gasteiger charge is -2.27. The summed E-state index contributed by atoms with van der Waals surface area (Å²) >= 11 is 0. The van der Waals surface area contributed by atoms with Gasteiger partial charge in [-0.2, -0.15) is 0 Å². The standard InChI is InChI=1S/C15H21N3O2S/c1-18(9-10-21(2,19)20)14(11-16)13-7-3-5-12-6-4-8-17-15(12)13/h3-8,14H,9-11,16H2,1-2H3. The third kappa shape index (κ3) is 4.00. The first kappa shape index (κ1) is 15.9. The van der Waals surface area contributed by atoms with Crippen molar-refractivity contribution >= 4 is 20.7 Å². The fourth-order valence-corrected chi connectivity index (χ4v) is 3.03. The minimum absolute atomic E-state index is 0.0506. The highest BCUT2D eigenvalue weighted by atomic mass is 32.2. The molecule has 0 saturated carbocycles. The van der Waals surface area contributed by atoms with E-state index in [1.165, 1.54) is 6.26 Å². The number of fused-ring (bicyclic) bond motifs is 1. The van der Waals surface area contributed by atoms with Crippen molar-refractivity contribution in [1.29, 1.82) is 0 Å². The molecule has 0 aliphatic rings. The first-order chi connectivity index (χ1) is 9.92. The van der Waals surface area contributed by atoms with Crippen LogP contribution in [0.4, 0.5) is 0 Å². The second-order valence-corrected chi connectivity index (χ2v) is 7.54. The van der Waals surface area contributed by atoms with Gasteiger partial charge in [-0.15, -0.1) is 0 Å². The molecule has 1 aromatic carbocycles. The molecule has 1 unspecified atom stereocenters. The Hall–Kier alpha value is -1.50. The first-order valence-corrected chi connectivity index (χ1v) is 8.90. The quantitative estimate of drug-likeness (QED) is 0.868. The molecule has 114 valence electrons. The second-order valence-electron chi connectivity index (χ2n) is 5.28. The smallest absolute Gasteiger partial charge is 0.148 e. The molecular formula is C15H21N3O2S. The van der Waals surface area contributed by atoms with Gasteiger partial charge in [-0.25, -0.2) is 8.42 Å². The summed E-state index contributed by atoms with van der Waals surface area (Å²) in [5.41, 5.74) is 7.87. The van der Waals surface area contributed by atoms with E-state index in [0.717, 1.165) is 16.5 Å². The number of nitrogens with two attached hydrogens (primary N) is 1. The lowest BCUT2D eigenvalue weighted by Crippen LogP contribution is -2.34. The summed E-state index contributed by atoms with van der Waals surface area (Å²) < 4.78 is 22.7. The second kappa shape index (κ2) is 6.51. The van der Waals surface area contributed by atoms with Gasteiger partial charge < -0.3 is 5.73 Å². The van der Waals surface area contributed by atoms with Gasteiger partial charge in [-0.3, -0.25) is 9.88 Å². The van der Waals surface area contributed by atoms with Gasteiger partial charge in [-0.05, 0) is 18.7 Å². The monoisotopic (exact) mass is 307 g/mol. The minimum atomic E-state index is -2.98. The van der Waals surface area contributed by atoms with Crippen molar-refractivity contribution < 1.29 is 8.42 Å². The van der Waals surface area contributed by atoms with Crippen LogP contribution in [0, 0.1) is 0 Å². The number of sulfone groups is 1. The van der Waals surface area contributed by atoms with Gasteiger partial charge in [0.1, 0.15) is 9.84 Å². The molecule has 2 rings (SSSR count). The van der Waals surface area contributed by atoms with Gasteiger partial charge in [0.15, 0.2) is 0 Å². The predicted molar refractivity (Wildman–Crippen MR) is 85.9 cm³/mol. The van der Waals surface area contributed by atoms with E-state index in [4.69, 9.17) is 5.73 Å². The SMILES string of the molecule is CN(CCS(C)(=O)=O)C(CN)c1cccc2cccnc12. The third-order valence-corrected chi connectivity index (χ3v) is 4.52. The van der Waals surface area contributed by atoms with Crippen LogP contribution in [0.5, 0.6) is 0 Å². The Balaban J connectivity index is 2.31. The van der Waals surface area contributed by atoms with Crippen LogP contribution in [0.2, 0.25) is 0 Å². The van der Waals surface area contributed by atoms with Gasteiger partial charge >= 0.3 is 0 Å². The molecule has 1 atom stereocenters. The molecule has 0 amide bonds. The van der Waals surface area contributed by atoms with Crippen LogP contribution in [0.15, 0.2) is 36.5 Å². The highest BCUT2D eigenvalue weighted by molar-refractivity contribution is 7.90.